The number of nitrogens with one attached hydrogen (secondary N) is 2. The lowest BCUT2D eigenvalue weighted by molar-refractivity contribution is -0.123. The van der Waals surface area contributed by atoms with E-state index in [0.29, 0.717) is 12.1 Å². The first kappa shape index (κ1) is 30.8. The Hall–Kier alpha value is -3.76. The molecule has 0 radical (unpaired) electrons. The molecular weight excluding hydrogens is 522 g/mol. The van der Waals surface area contributed by atoms with Gasteiger partial charge in [-0.2, -0.15) is 5.10 Å². The minimum atomic E-state index is -0.234. The Morgan fingerprint density at radius 1 is 1.05 bits per heavy atom. The summed E-state index contributed by atoms with van der Waals surface area (Å²) >= 11 is 1.57. The molecule has 0 bridgehead atoms. The van der Waals surface area contributed by atoms with Gasteiger partial charge in [0.15, 0.2) is 5.50 Å². The first-order chi connectivity index (χ1) is 19.1. The summed E-state index contributed by atoms with van der Waals surface area (Å²) in [6.07, 6.45) is 6.84. The maximum atomic E-state index is 12.7. The van der Waals surface area contributed by atoms with Crippen LogP contribution in [-0.4, -0.2) is 34.4 Å². The van der Waals surface area contributed by atoms with Crippen LogP contribution in [0.25, 0.3) is 0 Å². The van der Waals surface area contributed by atoms with Crippen LogP contribution in [0, 0.1) is 0 Å². The van der Waals surface area contributed by atoms with Crippen molar-refractivity contribution in [3.63, 3.8) is 0 Å². The van der Waals surface area contributed by atoms with Gasteiger partial charge in [0.2, 0.25) is 11.8 Å². The SMILES string of the molecule is CC(N)c1cccc(CC(=O)N/C(N)=C/C=C(\N)CCCCC2=NN(C)C(NC(=O)C(C)c3ccccc3)S2)c1. The molecular formula is C30H41N7O2S. The highest BCUT2D eigenvalue weighted by molar-refractivity contribution is 8.14. The predicted molar refractivity (Wildman–Crippen MR) is 163 cm³/mol. The molecule has 1 aliphatic heterocycles. The Kier molecular flexibility index (Phi) is 11.6. The maximum absolute atomic E-state index is 12.7. The second kappa shape index (κ2) is 15.1. The smallest absolute Gasteiger partial charge is 0.229 e. The van der Waals surface area contributed by atoms with Gasteiger partial charge < -0.3 is 27.8 Å². The summed E-state index contributed by atoms with van der Waals surface area (Å²) < 4.78 is 0. The van der Waals surface area contributed by atoms with Gasteiger partial charge in [0.05, 0.1) is 17.4 Å². The number of nitrogens with zero attached hydrogens (tertiary/aromatic N) is 2. The molecule has 1 heterocycles. The van der Waals surface area contributed by atoms with Crippen molar-refractivity contribution < 1.29 is 9.59 Å². The predicted octanol–water partition coefficient (Wildman–Crippen LogP) is 3.76. The average molecular weight is 564 g/mol. The standard InChI is InChI=1S/C30H41N7O2S/c1-20(23-11-5-4-6-12-23)29(39)35-30-37(3)36-28(40-30)15-8-7-14-25(32)16-17-26(33)34-27(38)19-22-10-9-13-24(18-22)21(2)31/h4-6,9-13,16-18,20-21,30H,7-8,14-15,19,31-33H2,1-3H3,(H,34,38)(H,35,39)/b25-16-,26-17+. The van der Waals surface area contributed by atoms with Gasteiger partial charge in [0, 0.05) is 18.8 Å². The third-order valence-electron chi connectivity index (χ3n) is 6.52. The van der Waals surface area contributed by atoms with Crippen LogP contribution in [0.1, 0.15) is 68.2 Å². The van der Waals surface area contributed by atoms with Crippen LogP contribution in [-0.2, 0) is 16.0 Å². The molecule has 2 aromatic rings. The van der Waals surface area contributed by atoms with Crippen molar-refractivity contribution in [2.75, 3.05) is 7.05 Å². The lowest BCUT2D eigenvalue weighted by atomic mass is 10.0. The van der Waals surface area contributed by atoms with Crippen molar-refractivity contribution in [2.45, 2.75) is 63.4 Å². The zero-order valence-electron chi connectivity index (χ0n) is 23.5. The number of carbonyl (C=O) groups excluding carboxylic acids is 2. The average Bonchev–Trinajstić information content (AvgIpc) is 3.28. The van der Waals surface area contributed by atoms with Crippen molar-refractivity contribution in [3.8, 4) is 0 Å². The fourth-order valence-corrected chi connectivity index (χ4v) is 5.20. The Balaban J connectivity index is 1.36. The highest BCUT2D eigenvalue weighted by Crippen LogP contribution is 2.27. The summed E-state index contributed by atoms with van der Waals surface area (Å²) in [5.74, 6) is -0.219. The van der Waals surface area contributed by atoms with E-state index in [2.05, 4.69) is 15.7 Å². The Morgan fingerprint density at radius 3 is 2.50 bits per heavy atom. The summed E-state index contributed by atoms with van der Waals surface area (Å²) in [5, 5.41) is 13.1. The van der Waals surface area contributed by atoms with E-state index in [9.17, 15) is 9.59 Å². The van der Waals surface area contributed by atoms with Crippen LogP contribution in [0.3, 0.4) is 0 Å². The van der Waals surface area contributed by atoms with Crippen molar-refractivity contribution in [2.24, 2.45) is 22.3 Å². The minimum Gasteiger partial charge on any atom is -0.402 e. The molecule has 3 rings (SSSR count). The second-order valence-electron chi connectivity index (χ2n) is 10.0. The van der Waals surface area contributed by atoms with Gasteiger partial charge in [-0.05, 0) is 68.4 Å². The minimum absolute atomic E-state index is 0.0242. The molecule has 2 amide bonds. The normalized spacial score (nSPS) is 17.2. The molecule has 9 nitrogen and oxygen atoms in total. The Bertz CT molecular complexity index is 1240. The topological polar surface area (TPSA) is 152 Å². The van der Waals surface area contributed by atoms with Gasteiger partial charge in [0.25, 0.3) is 0 Å². The number of rotatable bonds is 13. The van der Waals surface area contributed by atoms with Crippen LogP contribution in [0.4, 0.5) is 0 Å². The van der Waals surface area contributed by atoms with Crippen molar-refractivity contribution in [3.05, 3.63) is 95.0 Å². The van der Waals surface area contributed by atoms with Crippen molar-refractivity contribution in [1.29, 1.82) is 0 Å². The number of carbonyl (C=O) groups is 2. The summed E-state index contributed by atoms with van der Waals surface area (Å²) in [6, 6.07) is 17.3. The quantitative estimate of drug-likeness (QED) is 0.184. The Labute approximate surface area is 241 Å². The highest BCUT2D eigenvalue weighted by Gasteiger charge is 2.27. The molecule has 3 unspecified atom stereocenters. The molecule has 0 aliphatic carbocycles. The van der Waals surface area contributed by atoms with Crippen LogP contribution in [0.5, 0.6) is 0 Å². The number of hydrazone groups is 1. The van der Waals surface area contributed by atoms with Crippen LogP contribution in [0.15, 0.2) is 83.4 Å². The molecule has 0 fully saturated rings. The van der Waals surface area contributed by atoms with E-state index in [4.69, 9.17) is 17.2 Å². The number of nitrogens with two attached hydrogens (primary N) is 3. The molecule has 214 valence electrons. The van der Waals surface area contributed by atoms with E-state index in [-0.39, 0.29) is 41.5 Å². The molecule has 0 aromatic heterocycles. The second-order valence-corrected chi connectivity index (χ2v) is 11.2. The lowest BCUT2D eigenvalue weighted by Gasteiger charge is -2.21. The van der Waals surface area contributed by atoms with Crippen LogP contribution in [0.2, 0.25) is 0 Å². The zero-order valence-corrected chi connectivity index (χ0v) is 24.3. The van der Waals surface area contributed by atoms with Crippen molar-refractivity contribution >= 4 is 28.6 Å². The van der Waals surface area contributed by atoms with E-state index in [1.54, 1.807) is 28.9 Å². The first-order valence-corrected chi connectivity index (χ1v) is 14.4. The fourth-order valence-electron chi connectivity index (χ4n) is 4.13. The van der Waals surface area contributed by atoms with Gasteiger partial charge in [-0.1, -0.05) is 66.4 Å². The molecule has 2 aromatic carbocycles. The molecule has 8 N–H and O–H groups in total. The van der Waals surface area contributed by atoms with Crippen LogP contribution >= 0.6 is 11.8 Å². The van der Waals surface area contributed by atoms with Gasteiger partial charge >= 0.3 is 0 Å². The Morgan fingerprint density at radius 2 is 1.77 bits per heavy atom. The number of thioether (sulfide) groups is 1. The molecule has 1 aliphatic rings. The summed E-state index contributed by atoms with van der Waals surface area (Å²) in [5.41, 5.74) is 21.3. The van der Waals surface area contributed by atoms with E-state index in [0.717, 1.165) is 41.0 Å². The number of unbranched alkanes of at least 4 members (excludes halogenated alkanes) is 1. The monoisotopic (exact) mass is 563 g/mol. The van der Waals surface area contributed by atoms with Crippen LogP contribution < -0.4 is 27.8 Å². The van der Waals surface area contributed by atoms with Gasteiger partial charge in [-0.3, -0.25) is 14.6 Å². The molecule has 0 saturated heterocycles. The van der Waals surface area contributed by atoms with Gasteiger partial charge in [-0.25, -0.2) is 0 Å². The van der Waals surface area contributed by atoms with Gasteiger partial charge in [0.1, 0.15) is 5.82 Å². The lowest BCUT2D eigenvalue weighted by Crippen LogP contribution is -2.41. The summed E-state index contributed by atoms with van der Waals surface area (Å²) in [4.78, 5) is 25.0. The maximum Gasteiger partial charge on any atom is 0.229 e. The first-order valence-electron chi connectivity index (χ1n) is 13.5. The number of benzene rings is 2. The van der Waals surface area contributed by atoms with E-state index in [1.165, 1.54) is 0 Å². The molecule has 10 heteroatoms. The summed E-state index contributed by atoms with van der Waals surface area (Å²) in [7, 11) is 1.87. The summed E-state index contributed by atoms with van der Waals surface area (Å²) in [6.45, 7) is 3.81. The number of hydrogen-bond donors (Lipinski definition) is 5. The molecule has 0 spiro atoms. The number of hydrogen-bond acceptors (Lipinski definition) is 8. The zero-order chi connectivity index (χ0) is 29.1. The van der Waals surface area contributed by atoms with E-state index in [1.807, 2.05) is 75.5 Å². The number of amides is 2. The van der Waals surface area contributed by atoms with Crippen molar-refractivity contribution in [1.82, 2.24) is 15.6 Å². The van der Waals surface area contributed by atoms with E-state index >= 15 is 0 Å². The third-order valence-corrected chi connectivity index (χ3v) is 7.73. The molecule has 40 heavy (non-hydrogen) atoms. The van der Waals surface area contributed by atoms with E-state index < -0.39 is 0 Å². The third kappa shape index (κ3) is 9.77. The molecule has 0 saturated carbocycles. The fraction of sp³-hybridized carbons (Fsp3) is 0.367. The number of allylic oxidation sites excluding steroid dienone is 3. The molecule has 3 atom stereocenters. The van der Waals surface area contributed by atoms with Gasteiger partial charge in [-0.15, -0.1) is 0 Å². The highest BCUT2D eigenvalue weighted by atomic mass is 32.2. The largest absolute Gasteiger partial charge is 0.402 e.